The van der Waals surface area contributed by atoms with Crippen LogP contribution in [0.3, 0.4) is 0 Å². The molecule has 2 atom stereocenters. The number of morpholine rings is 1. The fourth-order valence-electron chi connectivity index (χ4n) is 3.32. The Morgan fingerprint density at radius 3 is 3.14 bits per heavy atom. The van der Waals surface area contributed by atoms with Crippen molar-refractivity contribution in [3.63, 3.8) is 0 Å². The third-order valence-corrected chi connectivity index (χ3v) is 4.57. The number of benzene rings is 1. The third-order valence-electron chi connectivity index (χ3n) is 4.57. The summed E-state index contributed by atoms with van der Waals surface area (Å²) >= 11 is 0. The van der Waals surface area contributed by atoms with E-state index in [0.29, 0.717) is 13.2 Å². The topological polar surface area (TPSA) is 41.6 Å². The van der Waals surface area contributed by atoms with E-state index in [4.69, 9.17) is 4.74 Å². The summed E-state index contributed by atoms with van der Waals surface area (Å²) in [6.45, 7) is 7.33. The molecule has 4 nitrogen and oxygen atoms in total. The average Bonchev–Trinajstić information content (AvgIpc) is 2.53. The van der Waals surface area contributed by atoms with E-state index in [2.05, 4.69) is 18.3 Å². The van der Waals surface area contributed by atoms with Gasteiger partial charge in [-0.05, 0) is 43.5 Å². The first kappa shape index (κ1) is 14.5. The highest BCUT2D eigenvalue weighted by molar-refractivity contribution is 5.96. The van der Waals surface area contributed by atoms with Crippen molar-refractivity contribution in [3.05, 3.63) is 34.9 Å². The lowest BCUT2D eigenvalue weighted by molar-refractivity contribution is -0.0444. The maximum Gasteiger partial charge on any atom is 0.254 e. The van der Waals surface area contributed by atoms with Crippen molar-refractivity contribution in [1.29, 1.82) is 0 Å². The molecule has 4 heteroatoms. The Morgan fingerprint density at radius 2 is 2.33 bits per heavy atom. The molecule has 21 heavy (non-hydrogen) atoms. The van der Waals surface area contributed by atoms with E-state index in [9.17, 15) is 4.79 Å². The Kier molecular flexibility index (Phi) is 4.27. The molecule has 1 saturated heterocycles. The van der Waals surface area contributed by atoms with Gasteiger partial charge in [0.25, 0.3) is 5.91 Å². The first-order valence-electron chi connectivity index (χ1n) is 7.94. The number of nitrogens with one attached hydrogen (secondary N) is 1. The summed E-state index contributed by atoms with van der Waals surface area (Å²) in [6, 6.07) is 6.31. The van der Waals surface area contributed by atoms with Crippen LogP contribution in [-0.4, -0.2) is 42.6 Å². The SMILES string of the molecule is CCC1COC(C)CN1C(=O)c1cccc2c1CCNC2. The molecule has 2 aliphatic heterocycles. The maximum absolute atomic E-state index is 13.0. The lowest BCUT2D eigenvalue weighted by atomic mass is 9.94. The lowest BCUT2D eigenvalue weighted by Crippen LogP contribution is -2.51. The highest BCUT2D eigenvalue weighted by Gasteiger charge is 2.31. The molecule has 3 rings (SSSR count). The zero-order chi connectivity index (χ0) is 14.8. The quantitative estimate of drug-likeness (QED) is 0.904. The number of nitrogens with zero attached hydrogens (tertiary/aromatic N) is 1. The van der Waals surface area contributed by atoms with Gasteiger partial charge in [-0.3, -0.25) is 4.79 Å². The van der Waals surface area contributed by atoms with Gasteiger partial charge in [0, 0.05) is 18.7 Å². The average molecular weight is 288 g/mol. The molecule has 2 heterocycles. The molecule has 1 aromatic rings. The molecule has 0 saturated carbocycles. The summed E-state index contributed by atoms with van der Waals surface area (Å²) in [5, 5.41) is 3.37. The van der Waals surface area contributed by atoms with Gasteiger partial charge >= 0.3 is 0 Å². The predicted molar refractivity (Wildman–Crippen MR) is 82.4 cm³/mol. The number of hydrogen-bond donors (Lipinski definition) is 1. The minimum atomic E-state index is 0.123. The van der Waals surface area contributed by atoms with E-state index >= 15 is 0 Å². The molecule has 0 spiro atoms. The van der Waals surface area contributed by atoms with Gasteiger partial charge in [-0.15, -0.1) is 0 Å². The molecule has 0 aliphatic carbocycles. The molecule has 0 radical (unpaired) electrons. The third kappa shape index (κ3) is 2.83. The van der Waals surface area contributed by atoms with E-state index in [0.717, 1.165) is 31.5 Å². The molecule has 0 bridgehead atoms. The number of amides is 1. The van der Waals surface area contributed by atoms with Gasteiger partial charge in [0.1, 0.15) is 0 Å². The van der Waals surface area contributed by atoms with E-state index in [1.165, 1.54) is 11.1 Å². The molecule has 1 fully saturated rings. The van der Waals surface area contributed by atoms with Crippen molar-refractivity contribution >= 4 is 5.91 Å². The standard InChI is InChI=1S/C17H24N2O2/c1-3-14-11-21-12(2)10-19(14)17(20)16-6-4-5-13-9-18-8-7-15(13)16/h4-6,12,14,18H,3,7-11H2,1-2H3. The van der Waals surface area contributed by atoms with Crippen LogP contribution in [0.25, 0.3) is 0 Å². The van der Waals surface area contributed by atoms with Gasteiger partial charge in [0.2, 0.25) is 0 Å². The van der Waals surface area contributed by atoms with E-state index < -0.39 is 0 Å². The van der Waals surface area contributed by atoms with Crippen molar-refractivity contribution < 1.29 is 9.53 Å². The van der Waals surface area contributed by atoms with Gasteiger partial charge in [0.05, 0.1) is 18.8 Å². The second-order valence-corrected chi connectivity index (χ2v) is 6.03. The second kappa shape index (κ2) is 6.16. The molecular weight excluding hydrogens is 264 g/mol. The van der Waals surface area contributed by atoms with Gasteiger partial charge in [-0.2, -0.15) is 0 Å². The van der Waals surface area contributed by atoms with E-state index in [-0.39, 0.29) is 18.1 Å². The Hall–Kier alpha value is -1.39. The minimum Gasteiger partial charge on any atom is -0.375 e. The first-order chi connectivity index (χ1) is 10.2. The van der Waals surface area contributed by atoms with Crippen LogP contribution < -0.4 is 5.32 Å². The van der Waals surface area contributed by atoms with Crippen LogP contribution in [0.5, 0.6) is 0 Å². The number of carbonyl (C=O) groups is 1. The number of rotatable bonds is 2. The Bertz CT molecular complexity index is 530. The summed E-state index contributed by atoms with van der Waals surface area (Å²) in [5.41, 5.74) is 3.39. The smallest absolute Gasteiger partial charge is 0.254 e. The zero-order valence-electron chi connectivity index (χ0n) is 12.9. The van der Waals surface area contributed by atoms with Crippen LogP contribution >= 0.6 is 0 Å². The molecule has 0 aromatic heterocycles. The van der Waals surface area contributed by atoms with Crippen LogP contribution in [-0.2, 0) is 17.7 Å². The lowest BCUT2D eigenvalue weighted by Gasteiger charge is -2.39. The summed E-state index contributed by atoms with van der Waals surface area (Å²) in [4.78, 5) is 15.1. The monoisotopic (exact) mass is 288 g/mol. The van der Waals surface area contributed by atoms with Crippen molar-refractivity contribution in [1.82, 2.24) is 10.2 Å². The van der Waals surface area contributed by atoms with Crippen LogP contribution in [0.1, 0.15) is 41.8 Å². The van der Waals surface area contributed by atoms with E-state index in [1.54, 1.807) is 0 Å². The fraction of sp³-hybridized carbons (Fsp3) is 0.588. The number of hydrogen-bond acceptors (Lipinski definition) is 3. The van der Waals surface area contributed by atoms with Gasteiger partial charge in [0.15, 0.2) is 0 Å². The van der Waals surface area contributed by atoms with Crippen LogP contribution in [0.4, 0.5) is 0 Å². The molecule has 2 unspecified atom stereocenters. The number of fused-ring (bicyclic) bond motifs is 1. The fourth-order valence-corrected chi connectivity index (χ4v) is 3.32. The normalized spacial score (nSPS) is 25.5. The second-order valence-electron chi connectivity index (χ2n) is 6.03. The van der Waals surface area contributed by atoms with Crippen molar-refractivity contribution in [2.24, 2.45) is 0 Å². The minimum absolute atomic E-state index is 0.123. The van der Waals surface area contributed by atoms with Gasteiger partial charge in [-0.1, -0.05) is 19.1 Å². The number of carbonyl (C=O) groups excluding carboxylic acids is 1. The van der Waals surface area contributed by atoms with Crippen LogP contribution in [0.2, 0.25) is 0 Å². The largest absolute Gasteiger partial charge is 0.375 e. The predicted octanol–water partition coefficient (Wildman–Crippen LogP) is 1.97. The highest BCUT2D eigenvalue weighted by atomic mass is 16.5. The molecule has 1 N–H and O–H groups in total. The highest BCUT2D eigenvalue weighted by Crippen LogP contribution is 2.23. The van der Waals surface area contributed by atoms with E-state index in [1.807, 2.05) is 24.0 Å². The Labute approximate surface area is 126 Å². The van der Waals surface area contributed by atoms with Crippen LogP contribution in [0, 0.1) is 0 Å². The molecule has 1 aromatic carbocycles. The Morgan fingerprint density at radius 1 is 1.48 bits per heavy atom. The first-order valence-corrected chi connectivity index (χ1v) is 7.94. The molecular formula is C17H24N2O2. The molecule has 1 amide bonds. The summed E-state index contributed by atoms with van der Waals surface area (Å²) in [6.07, 6.45) is 2.00. The maximum atomic E-state index is 13.0. The van der Waals surface area contributed by atoms with Gasteiger partial charge in [-0.25, -0.2) is 0 Å². The van der Waals surface area contributed by atoms with Crippen molar-refractivity contribution in [3.8, 4) is 0 Å². The van der Waals surface area contributed by atoms with Crippen LogP contribution in [0.15, 0.2) is 18.2 Å². The number of ether oxygens (including phenoxy) is 1. The van der Waals surface area contributed by atoms with Crippen molar-refractivity contribution in [2.45, 2.75) is 45.4 Å². The zero-order valence-corrected chi connectivity index (χ0v) is 12.9. The summed E-state index contributed by atoms with van der Waals surface area (Å²) in [7, 11) is 0. The summed E-state index contributed by atoms with van der Waals surface area (Å²) < 4.78 is 5.71. The van der Waals surface area contributed by atoms with Gasteiger partial charge < -0.3 is 15.0 Å². The molecule has 2 aliphatic rings. The van der Waals surface area contributed by atoms with Crippen molar-refractivity contribution in [2.75, 3.05) is 19.7 Å². The summed E-state index contributed by atoms with van der Waals surface area (Å²) in [5.74, 6) is 0.177. The Balaban J connectivity index is 1.90. The molecule has 114 valence electrons.